The van der Waals surface area contributed by atoms with Crippen molar-refractivity contribution in [2.45, 2.75) is 32.7 Å². The van der Waals surface area contributed by atoms with E-state index >= 15 is 0 Å². The molecule has 1 aliphatic rings. The summed E-state index contributed by atoms with van der Waals surface area (Å²) in [6.45, 7) is 5.27. The van der Waals surface area contributed by atoms with Gasteiger partial charge < -0.3 is 15.5 Å². The van der Waals surface area contributed by atoms with Gasteiger partial charge in [-0.3, -0.25) is 4.79 Å². The molecule has 23 heavy (non-hydrogen) atoms. The van der Waals surface area contributed by atoms with Crippen molar-refractivity contribution in [1.82, 2.24) is 15.5 Å². The first-order valence-electron chi connectivity index (χ1n) is 8.01. The lowest BCUT2D eigenvalue weighted by Gasteiger charge is -2.25. The van der Waals surface area contributed by atoms with Gasteiger partial charge in [-0.05, 0) is 36.5 Å². The summed E-state index contributed by atoms with van der Waals surface area (Å²) >= 11 is 0. The van der Waals surface area contributed by atoms with Crippen LogP contribution in [0.15, 0.2) is 24.3 Å². The lowest BCUT2D eigenvalue weighted by atomic mass is 10.0. The second kappa shape index (κ2) is 7.94. The second-order valence-electron chi connectivity index (χ2n) is 6.13. The number of nitrogens with zero attached hydrogens (tertiary/aromatic N) is 1. The molecular weight excluding hydrogens is 297 g/mol. The molecule has 2 N–H and O–H groups in total. The van der Waals surface area contributed by atoms with E-state index in [1.54, 1.807) is 11.0 Å². The van der Waals surface area contributed by atoms with E-state index in [1.165, 1.54) is 19.1 Å². The number of halogens is 1. The van der Waals surface area contributed by atoms with Crippen LogP contribution in [0.3, 0.4) is 0 Å². The van der Waals surface area contributed by atoms with E-state index < -0.39 is 0 Å². The number of benzene rings is 1. The number of rotatable bonds is 5. The van der Waals surface area contributed by atoms with Gasteiger partial charge in [0, 0.05) is 26.6 Å². The summed E-state index contributed by atoms with van der Waals surface area (Å²) in [5.41, 5.74) is 0.836. The van der Waals surface area contributed by atoms with Crippen LogP contribution in [-0.2, 0) is 4.79 Å². The molecule has 6 heteroatoms. The molecule has 1 aromatic carbocycles. The van der Waals surface area contributed by atoms with Crippen LogP contribution in [0, 0.1) is 11.7 Å². The molecule has 126 valence electrons. The SMILES string of the molecule is CC(=O)NCCCNC(=O)N1C[C@H](C)C[C@H]1c1cccc(F)c1. The maximum atomic E-state index is 13.4. The minimum absolute atomic E-state index is 0.0733. The van der Waals surface area contributed by atoms with Crippen LogP contribution in [-0.4, -0.2) is 36.5 Å². The Labute approximate surface area is 136 Å². The molecule has 0 aliphatic carbocycles. The molecule has 1 aromatic rings. The number of nitrogens with one attached hydrogen (secondary N) is 2. The van der Waals surface area contributed by atoms with Crippen LogP contribution in [0.1, 0.15) is 38.3 Å². The highest BCUT2D eigenvalue weighted by Gasteiger charge is 2.34. The van der Waals surface area contributed by atoms with Crippen LogP contribution in [0.25, 0.3) is 0 Å². The Bertz CT molecular complexity index is 565. The smallest absolute Gasteiger partial charge is 0.317 e. The predicted octanol–water partition coefficient (Wildman–Crippen LogP) is 2.44. The minimum atomic E-state index is -0.280. The highest BCUT2D eigenvalue weighted by Crippen LogP contribution is 2.35. The normalized spacial score (nSPS) is 20.4. The van der Waals surface area contributed by atoms with Crippen molar-refractivity contribution in [3.63, 3.8) is 0 Å². The fraction of sp³-hybridized carbons (Fsp3) is 0.529. The van der Waals surface area contributed by atoms with Gasteiger partial charge in [-0.1, -0.05) is 19.1 Å². The zero-order valence-electron chi connectivity index (χ0n) is 13.6. The molecule has 2 rings (SSSR count). The number of amides is 3. The molecule has 0 aromatic heterocycles. The fourth-order valence-corrected chi connectivity index (χ4v) is 2.95. The van der Waals surface area contributed by atoms with E-state index in [-0.39, 0.29) is 23.8 Å². The maximum Gasteiger partial charge on any atom is 0.317 e. The molecular formula is C17H24FN3O2. The van der Waals surface area contributed by atoms with Crippen LogP contribution < -0.4 is 10.6 Å². The Balaban J connectivity index is 1.91. The van der Waals surface area contributed by atoms with E-state index in [9.17, 15) is 14.0 Å². The number of likely N-dealkylation sites (tertiary alicyclic amines) is 1. The molecule has 3 amide bonds. The van der Waals surface area contributed by atoms with Gasteiger partial charge in [0.2, 0.25) is 5.91 Å². The molecule has 1 aliphatic heterocycles. The maximum absolute atomic E-state index is 13.4. The van der Waals surface area contributed by atoms with Crippen molar-refractivity contribution in [3.8, 4) is 0 Å². The molecule has 1 fully saturated rings. The van der Waals surface area contributed by atoms with Crippen LogP contribution in [0.2, 0.25) is 0 Å². The highest BCUT2D eigenvalue weighted by atomic mass is 19.1. The van der Waals surface area contributed by atoms with Gasteiger partial charge in [-0.2, -0.15) is 0 Å². The topological polar surface area (TPSA) is 61.4 Å². The van der Waals surface area contributed by atoms with Gasteiger partial charge in [0.15, 0.2) is 0 Å². The van der Waals surface area contributed by atoms with Gasteiger partial charge in [0.25, 0.3) is 0 Å². The summed E-state index contributed by atoms with van der Waals surface area (Å²) in [4.78, 5) is 24.9. The molecule has 2 atom stereocenters. The summed E-state index contributed by atoms with van der Waals surface area (Å²) in [7, 11) is 0. The number of hydrogen-bond donors (Lipinski definition) is 2. The summed E-state index contributed by atoms with van der Waals surface area (Å²) in [5.74, 6) is 0.0296. The third-order valence-corrected chi connectivity index (χ3v) is 4.01. The number of carbonyl (C=O) groups is 2. The first-order valence-corrected chi connectivity index (χ1v) is 8.01. The minimum Gasteiger partial charge on any atom is -0.356 e. The van der Waals surface area contributed by atoms with Crippen molar-refractivity contribution >= 4 is 11.9 Å². The molecule has 1 saturated heterocycles. The largest absolute Gasteiger partial charge is 0.356 e. The number of hydrogen-bond acceptors (Lipinski definition) is 2. The van der Waals surface area contributed by atoms with Gasteiger partial charge in [-0.25, -0.2) is 9.18 Å². The Morgan fingerprint density at radius 3 is 2.74 bits per heavy atom. The van der Waals surface area contributed by atoms with Crippen LogP contribution in [0.5, 0.6) is 0 Å². The first kappa shape index (κ1) is 17.2. The Hall–Kier alpha value is -2.11. The Kier molecular flexibility index (Phi) is 5.96. The Morgan fingerprint density at radius 2 is 2.04 bits per heavy atom. The summed E-state index contributed by atoms with van der Waals surface area (Å²) in [6.07, 6.45) is 1.52. The lowest BCUT2D eigenvalue weighted by molar-refractivity contribution is -0.118. The molecule has 0 bridgehead atoms. The van der Waals surface area contributed by atoms with Gasteiger partial charge in [0.1, 0.15) is 5.82 Å². The zero-order chi connectivity index (χ0) is 16.8. The molecule has 0 radical (unpaired) electrons. The van der Waals surface area contributed by atoms with E-state index in [2.05, 4.69) is 17.6 Å². The summed E-state index contributed by atoms with van der Waals surface area (Å²) in [6, 6.07) is 6.23. The number of carbonyl (C=O) groups excluding carboxylic acids is 2. The van der Waals surface area contributed by atoms with E-state index in [0.717, 1.165) is 12.0 Å². The average Bonchev–Trinajstić information content (AvgIpc) is 2.88. The van der Waals surface area contributed by atoms with Gasteiger partial charge in [-0.15, -0.1) is 0 Å². The van der Waals surface area contributed by atoms with Crippen molar-refractivity contribution in [3.05, 3.63) is 35.6 Å². The lowest BCUT2D eigenvalue weighted by Crippen LogP contribution is -2.40. The van der Waals surface area contributed by atoms with Gasteiger partial charge >= 0.3 is 6.03 Å². The van der Waals surface area contributed by atoms with Crippen molar-refractivity contribution in [2.24, 2.45) is 5.92 Å². The quantitative estimate of drug-likeness (QED) is 0.818. The summed E-state index contributed by atoms with van der Waals surface area (Å²) < 4.78 is 13.4. The summed E-state index contributed by atoms with van der Waals surface area (Å²) in [5, 5.41) is 5.57. The van der Waals surface area contributed by atoms with Crippen LogP contribution in [0.4, 0.5) is 9.18 Å². The molecule has 0 saturated carbocycles. The highest BCUT2D eigenvalue weighted by molar-refractivity contribution is 5.75. The predicted molar refractivity (Wildman–Crippen MR) is 86.3 cm³/mol. The zero-order valence-corrected chi connectivity index (χ0v) is 13.6. The molecule has 0 unspecified atom stereocenters. The Morgan fingerprint density at radius 1 is 1.30 bits per heavy atom. The van der Waals surface area contributed by atoms with Crippen molar-refractivity contribution in [1.29, 1.82) is 0 Å². The average molecular weight is 321 g/mol. The number of urea groups is 1. The van der Waals surface area contributed by atoms with Gasteiger partial charge in [0.05, 0.1) is 6.04 Å². The van der Waals surface area contributed by atoms with Crippen molar-refractivity contribution in [2.75, 3.05) is 19.6 Å². The van der Waals surface area contributed by atoms with E-state index in [0.29, 0.717) is 32.0 Å². The third kappa shape index (κ3) is 4.94. The molecule has 0 spiro atoms. The van der Waals surface area contributed by atoms with Crippen molar-refractivity contribution < 1.29 is 14.0 Å². The second-order valence-corrected chi connectivity index (χ2v) is 6.13. The molecule has 5 nitrogen and oxygen atoms in total. The van der Waals surface area contributed by atoms with E-state index in [1.807, 2.05) is 6.07 Å². The standard InChI is InChI=1S/C17H24FN3O2/c1-12-9-16(14-5-3-6-15(18)10-14)21(11-12)17(23)20-8-4-7-19-13(2)22/h3,5-6,10,12,16H,4,7-9,11H2,1-2H3,(H,19,22)(H,20,23)/t12-,16+/m1/s1. The fourth-order valence-electron chi connectivity index (χ4n) is 2.95. The monoisotopic (exact) mass is 321 g/mol. The van der Waals surface area contributed by atoms with E-state index in [4.69, 9.17) is 0 Å². The third-order valence-electron chi connectivity index (χ3n) is 4.01. The first-order chi connectivity index (χ1) is 11.0. The molecule has 1 heterocycles. The van der Waals surface area contributed by atoms with Crippen LogP contribution >= 0.6 is 0 Å².